The summed E-state index contributed by atoms with van der Waals surface area (Å²) in [7, 11) is 1.83. The highest BCUT2D eigenvalue weighted by Gasteiger charge is 2.39. The largest absolute Gasteiger partial charge is 0.351 e. The van der Waals surface area contributed by atoms with E-state index in [-0.39, 0.29) is 12.0 Å². The van der Waals surface area contributed by atoms with E-state index in [1.165, 1.54) is 0 Å². The van der Waals surface area contributed by atoms with Gasteiger partial charge in [-0.3, -0.25) is 9.48 Å². The average Bonchev–Trinajstić information content (AvgIpc) is 3.47. The molecule has 1 amide bonds. The molecule has 2 aromatic rings. The van der Waals surface area contributed by atoms with Crippen LogP contribution in [0, 0.1) is 23.2 Å². The summed E-state index contributed by atoms with van der Waals surface area (Å²) < 4.78 is 1.69. The molecule has 1 unspecified atom stereocenters. The van der Waals surface area contributed by atoms with E-state index in [9.17, 15) is 10.1 Å². The summed E-state index contributed by atoms with van der Waals surface area (Å²) in [6.45, 7) is 6.56. The second-order valence-corrected chi connectivity index (χ2v) is 8.48. The van der Waals surface area contributed by atoms with Crippen molar-refractivity contribution in [2.24, 2.45) is 18.9 Å². The Morgan fingerprint density at radius 1 is 1.31 bits per heavy atom. The summed E-state index contributed by atoms with van der Waals surface area (Å²) in [5.74, 6) is 1.81. The SMILES string of the molecule is CC(C)CC1CN(c2cnc(C#N)c(-c3cnn(C)c3)n2)CCN1C(=O)C1CC1. The Hall–Kier alpha value is -2.95. The first kappa shape index (κ1) is 19.4. The number of nitriles is 1. The van der Waals surface area contributed by atoms with Crippen molar-refractivity contribution in [3.05, 3.63) is 24.3 Å². The van der Waals surface area contributed by atoms with E-state index < -0.39 is 0 Å². The molecule has 2 fully saturated rings. The lowest BCUT2D eigenvalue weighted by molar-refractivity contribution is -0.135. The molecule has 8 heteroatoms. The molecule has 3 heterocycles. The van der Waals surface area contributed by atoms with Crippen LogP contribution < -0.4 is 4.90 Å². The van der Waals surface area contributed by atoms with Crippen LogP contribution in [0.15, 0.2) is 18.6 Å². The number of carbonyl (C=O) groups is 1. The van der Waals surface area contributed by atoms with E-state index in [1.807, 2.05) is 13.2 Å². The average molecular weight is 393 g/mol. The highest BCUT2D eigenvalue weighted by atomic mass is 16.2. The van der Waals surface area contributed by atoms with Gasteiger partial charge in [-0.25, -0.2) is 9.97 Å². The van der Waals surface area contributed by atoms with E-state index in [4.69, 9.17) is 4.98 Å². The first-order chi connectivity index (χ1) is 14.0. The van der Waals surface area contributed by atoms with Gasteiger partial charge in [-0.05, 0) is 25.2 Å². The van der Waals surface area contributed by atoms with Crippen molar-refractivity contribution in [2.75, 3.05) is 24.5 Å². The number of anilines is 1. The first-order valence-electron chi connectivity index (χ1n) is 10.3. The predicted molar refractivity (Wildman–Crippen MR) is 109 cm³/mol. The normalized spacial score (nSPS) is 19.5. The number of hydrogen-bond donors (Lipinski definition) is 0. The summed E-state index contributed by atoms with van der Waals surface area (Å²) in [6.07, 6.45) is 8.23. The molecule has 1 aliphatic carbocycles. The monoisotopic (exact) mass is 393 g/mol. The fraction of sp³-hybridized carbons (Fsp3) is 0.571. The standard InChI is InChI=1S/C21H27N7O/c1-14(2)8-17-13-27(6-7-28(17)21(29)15-4-5-15)19-11-23-18(9-22)20(25-19)16-10-24-26(3)12-16/h10-12,14-15,17H,4-8,13H2,1-3H3. The zero-order valence-corrected chi connectivity index (χ0v) is 17.2. The maximum Gasteiger partial charge on any atom is 0.226 e. The predicted octanol–water partition coefficient (Wildman–Crippen LogP) is 2.22. The van der Waals surface area contributed by atoms with Gasteiger partial charge in [-0.2, -0.15) is 10.4 Å². The lowest BCUT2D eigenvalue weighted by atomic mass is 9.99. The van der Waals surface area contributed by atoms with Gasteiger partial charge in [0.2, 0.25) is 5.91 Å². The maximum absolute atomic E-state index is 12.8. The smallest absolute Gasteiger partial charge is 0.226 e. The third-order valence-electron chi connectivity index (χ3n) is 5.60. The zero-order valence-electron chi connectivity index (χ0n) is 17.2. The second kappa shape index (κ2) is 7.82. The van der Waals surface area contributed by atoms with Gasteiger partial charge in [0, 0.05) is 50.4 Å². The van der Waals surface area contributed by atoms with Gasteiger partial charge in [0.25, 0.3) is 0 Å². The van der Waals surface area contributed by atoms with Crippen LogP contribution in [0.25, 0.3) is 11.3 Å². The Kier molecular flexibility index (Phi) is 5.22. The van der Waals surface area contributed by atoms with Crippen molar-refractivity contribution in [1.29, 1.82) is 5.26 Å². The number of piperazine rings is 1. The third-order valence-corrected chi connectivity index (χ3v) is 5.60. The molecule has 1 saturated heterocycles. The van der Waals surface area contributed by atoms with E-state index in [0.29, 0.717) is 29.8 Å². The van der Waals surface area contributed by atoms with Crippen LogP contribution in [0.1, 0.15) is 38.8 Å². The van der Waals surface area contributed by atoms with E-state index in [1.54, 1.807) is 17.1 Å². The lowest BCUT2D eigenvalue weighted by Crippen LogP contribution is -2.56. The molecule has 0 aromatic carbocycles. The van der Waals surface area contributed by atoms with E-state index in [0.717, 1.165) is 43.7 Å². The van der Waals surface area contributed by atoms with Crippen molar-refractivity contribution >= 4 is 11.7 Å². The molecule has 2 aromatic heterocycles. The van der Waals surface area contributed by atoms with Crippen molar-refractivity contribution in [3.8, 4) is 17.3 Å². The van der Waals surface area contributed by atoms with Crippen molar-refractivity contribution in [2.45, 2.75) is 39.2 Å². The van der Waals surface area contributed by atoms with Crippen molar-refractivity contribution < 1.29 is 4.79 Å². The van der Waals surface area contributed by atoms with Crippen molar-refractivity contribution in [1.82, 2.24) is 24.6 Å². The number of amides is 1. The van der Waals surface area contributed by atoms with Crippen molar-refractivity contribution in [3.63, 3.8) is 0 Å². The Labute approximate surface area is 171 Å². The minimum Gasteiger partial charge on any atom is -0.351 e. The summed E-state index contributed by atoms with van der Waals surface area (Å²) in [4.78, 5) is 26.2. The van der Waals surface area contributed by atoms with Gasteiger partial charge in [0.1, 0.15) is 17.6 Å². The number of aryl methyl sites for hydroxylation is 1. The van der Waals surface area contributed by atoms with Gasteiger partial charge in [-0.15, -0.1) is 0 Å². The summed E-state index contributed by atoms with van der Waals surface area (Å²) in [5, 5.41) is 13.6. The molecule has 4 rings (SSSR count). The molecule has 8 nitrogen and oxygen atoms in total. The lowest BCUT2D eigenvalue weighted by Gasteiger charge is -2.42. The minimum atomic E-state index is 0.177. The summed E-state index contributed by atoms with van der Waals surface area (Å²) in [6, 6.07) is 2.30. The molecule has 0 N–H and O–H groups in total. The number of hydrogen-bond acceptors (Lipinski definition) is 6. The molecule has 1 saturated carbocycles. The zero-order chi connectivity index (χ0) is 20.5. The van der Waals surface area contributed by atoms with Gasteiger partial charge >= 0.3 is 0 Å². The molecule has 1 atom stereocenters. The molecule has 0 radical (unpaired) electrons. The van der Waals surface area contributed by atoms with Crippen LogP contribution >= 0.6 is 0 Å². The number of carbonyl (C=O) groups excluding carboxylic acids is 1. The molecule has 0 bridgehead atoms. The van der Waals surface area contributed by atoms with Gasteiger partial charge < -0.3 is 9.80 Å². The molecular formula is C21H27N7O. The summed E-state index contributed by atoms with van der Waals surface area (Å²) >= 11 is 0. The van der Waals surface area contributed by atoms with Gasteiger partial charge in [0.15, 0.2) is 5.69 Å². The Morgan fingerprint density at radius 2 is 2.10 bits per heavy atom. The fourth-order valence-corrected chi connectivity index (χ4v) is 4.02. The second-order valence-electron chi connectivity index (χ2n) is 8.48. The van der Waals surface area contributed by atoms with Crippen LogP contribution in [0.5, 0.6) is 0 Å². The van der Waals surface area contributed by atoms with Gasteiger partial charge in [-0.1, -0.05) is 13.8 Å². The van der Waals surface area contributed by atoms with Crippen LogP contribution in [0.3, 0.4) is 0 Å². The van der Waals surface area contributed by atoms with Crippen LogP contribution in [-0.2, 0) is 11.8 Å². The Morgan fingerprint density at radius 3 is 2.72 bits per heavy atom. The number of nitrogens with zero attached hydrogens (tertiary/aromatic N) is 7. The van der Waals surface area contributed by atoms with E-state index >= 15 is 0 Å². The summed E-state index contributed by atoms with van der Waals surface area (Å²) in [5.41, 5.74) is 1.62. The molecule has 152 valence electrons. The first-order valence-corrected chi connectivity index (χ1v) is 10.3. The van der Waals surface area contributed by atoms with Crippen LogP contribution in [0.4, 0.5) is 5.82 Å². The molecule has 1 aliphatic heterocycles. The molecule has 2 aliphatic rings. The third kappa shape index (κ3) is 4.09. The number of rotatable bonds is 5. The molecule has 0 spiro atoms. The minimum absolute atomic E-state index is 0.177. The number of aromatic nitrogens is 4. The van der Waals surface area contributed by atoms with Crippen LogP contribution in [0.2, 0.25) is 0 Å². The highest BCUT2D eigenvalue weighted by Crippen LogP contribution is 2.33. The van der Waals surface area contributed by atoms with Crippen LogP contribution in [-0.4, -0.2) is 56.2 Å². The molecule has 29 heavy (non-hydrogen) atoms. The molecular weight excluding hydrogens is 366 g/mol. The topological polar surface area (TPSA) is 90.9 Å². The Bertz CT molecular complexity index is 941. The highest BCUT2D eigenvalue weighted by molar-refractivity contribution is 5.81. The van der Waals surface area contributed by atoms with Gasteiger partial charge in [0.05, 0.1) is 12.4 Å². The quantitative estimate of drug-likeness (QED) is 0.774. The Balaban J connectivity index is 1.59. The fourth-order valence-electron chi connectivity index (χ4n) is 4.02. The maximum atomic E-state index is 12.8. The van der Waals surface area contributed by atoms with E-state index in [2.05, 4.69) is 39.8 Å².